The van der Waals surface area contributed by atoms with Gasteiger partial charge in [0.2, 0.25) is 5.95 Å². The van der Waals surface area contributed by atoms with Crippen molar-refractivity contribution in [3.8, 4) is 5.75 Å². The highest BCUT2D eigenvalue weighted by atomic mass is 19.1. The number of hydrogen-bond acceptors (Lipinski definition) is 5. The summed E-state index contributed by atoms with van der Waals surface area (Å²) in [5, 5.41) is 0.933. The minimum Gasteiger partial charge on any atom is -0.497 e. The molecule has 0 saturated heterocycles. The number of aromatic nitrogens is 1. The molecule has 3 rings (SSSR count). The zero-order valence-electron chi connectivity index (χ0n) is 18.2. The van der Waals surface area contributed by atoms with Gasteiger partial charge in [0.15, 0.2) is 0 Å². The summed E-state index contributed by atoms with van der Waals surface area (Å²) in [5.74, 6) is 0.902. The number of nitrogens with zero attached hydrogens (tertiary/aromatic N) is 2. The number of carbonyl (C=O) groups is 1. The lowest BCUT2D eigenvalue weighted by atomic mass is 10.2. The molecule has 0 unspecified atom stereocenters. The molecular weight excluding hydrogens is 399 g/mol. The van der Waals surface area contributed by atoms with Crippen LogP contribution in [-0.2, 0) is 4.74 Å². The summed E-state index contributed by atoms with van der Waals surface area (Å²) in [6, 6.07) is 10.6. The van der Waals surface area contributed by atoms with Crippen LogP contribution in [0, 0.1) is 5.95 Å². The molecule has 6 nitrogen and oxygen atoms in total. The topological polar surface area (TPSA) is 64.8 Å². The highest BCUT2D eigenvalue weighted by molar-refractivity contribution is 5.86. The minimum absolute atomic E-state index is 0.164. The largest absolute Gasteiger partial charge is 0.497 e. The van der Waals surface area contributed by atoms with Gasteiger partial charge in [0.25, 0.3) is 0 Å². The number of anilines is 1. The third-order valence-corrected chi connectivity index (χ3v) is 4.26. The van der Waals surface area contributed by atoms with Gasteiger partial charge in [-0.1, -0.05) is 18.2 Å². The number of allylic oxidation sites excluding steroid dienone is 2. The van der Waals surface area contributed by atoms with Crippen molar-refractivity contribution >= 4 is 35.0 Å². The van der Waals surface area contributed by atoms with E-state index in [1.54, 1.807) is 64.3 Å². The van der Waals surface area contributed by atoms with Crippen LogP contribution in [0.1, 0.15) is 32.1 Å². The molecule has 0 aliphatic carbocycles. The second kappa shape index (κ2) is 9.04. The molecule has 0 aliphatic rings. The third-order valence-electron chi connectivity index (χ3n) is 4.26. The molecule has 162 valence electrons. The number of furan rings is 1. The van der Waals surface area contributed by atoms with E-state index in [0.29, 0.717) is 11.3 Å². The summed E-state index contributed by atoms with van der Waals surface area (Å²) in [7, 11) is 3.10. The summed E-state index contributed by atoms with van der Waals surface area (Å²) in [6.07, 6.45) is 6.19. The average molecular weight is 424 g/mol. The Bertz CT molecular complexity index is 1140. The van der Waals surface area contributed by atoms with Gasteiger partial charge in [0.05, 0.1) is 7.11 Å². The Labute approximate surface area is 180 Å². The fraction of sp³-hybridized carbons (Fsp3) is 0.250. The van der Waals surface area contributed by atoms with Gasteiger partial charge >= 0.3 is 6.09 Å². The third kappa shape index (κ3) is 5.72. The number of ether oxygens (including phenoxy) is 2. The number of amides is 1. The van der Waals surface area contributed by atoms with Gasteiger partial charge in [0, 0.05) is 18.0 Å². The molecule has 0 radical (unpaired) electrons. The predicted molar refractivity (Wildman–Crippen MR) is 120 cm³/mol. The number of carbonyl (C=O) groups excluding carboxylic acids is 1. The van der Waals surface area contributed by atoms with Crippen LogP contribution in [0.5, 0.6) is 5.75 Å². The second-order valence-electron chi connectivity index (χ2n) is 7.86. The van der Waals surface area contributed by atoms with E-state index in [0.717, 1.165) is 21.6 Å². The maximum atomic E-state index is 14.4. The Hall–Kier alpha value is -3.61. The van der Waals surface area contributed by atoms with Crippen molar-refractivity contribution < 1.29 is 23.1 Å². The summed E-state index contributed by atoms with van der Waals surface area (Å²) in [4.78, 5) is 17.1. The van der Waals surface area contributed by atoms with E-state index in [4.69, 9.17) is 13.9 Å². The van der Waals surface area contributed by atoms with Crippen LogP contribution in [0.2, 0.25) is 0 Å². The summed E-state index contributed by atoms with van der Waals surface area (Å²) >= 11 is 0. The fourth-order valence-electron chi connectivity index (χ4n) is 2.73. The van der Waals surface area contributed by atoms with Crippen LogP contribution >= 0.6 is 0 Å². The zero-order valence-corrected chi connectivity index (χ0v) is 18.2. The van der Waals surface area contributed by atoms with Crippen LogP contribution in [0.25, 0.3) is 23.1 Å². The minimum atomic E-state index is -0.687. The molecule has 1 aromatic carbocycles. The molecule has 0 saturated carbocycles. The molecule has 3 aromatic rings. The van der Waals surface area contributed by atoms with Crippen LogP contribution < -0.4 is 9.64 Å². The van der Waals surface area contributed by atoms with Gasteiger partial charge in [-0.15, -0.1) is 0 Å². The van der Waals surface area contributed by atoms with E-state index in [-0.39, 0.29) is 5.82 Å². The first-order chi connectivity index (χ1) is 14.7. The number of rotatable bonds is 5. The Morgan fingerprint density at radius 1 is 1.13 bits per heavy atom. The number of benzene rings is 1. The van der Waals surface area contributed by atoms with Gasteiger partial charge in [-0.3, -0.25) is 4.90 Å². The van der Waals surface area contributed by atoms with Gasteiger partial charge in [-0.25, -0.2) is 9.78 Å². The Morgan fingerprint density at radius 3 is 2.55 bits per heavy atom. The Morgan fingerprint density at radius 2 is 1.87 bits per heavy atom. The van der Waals surface area contributed by atoms with Crippen molar-refractivity contribution in [1.82, 2.24) is 4.98 Å². The van der Waals surface area contributed by atoms with Crippen molar-refractivity contribution in [3.05, 3.63) is 65.8 Å². The lowest BCUT2D eigenvalue weighted by Gasteiger charge is -2.24. The van der Waals surface area contributed by atoms with Crippen LogP contribution in [-0.4, -0.2) is 30.8 Å². The van der Waals surface area contributed by atoms with E-state index in [1.165, 1.54) is 7.05 Å². The smallest absolute Gasteiger partial charge is 0.415 e. The number of pyridine rings is 1. The molecule has 1 amide bonds. The van der Waals surface area contributed by atoms with E-state index < -0.39 is 17.6 Å². The Kier molecular flexibility index (Phi) is 6.44. The molecule has 0 N–H and O–H groups in total. The first-order valence-electron chi connectivity index (χ1n) is 9.72. The standard InChI is InChI=1S/C24H25FN2O4/c1-24(2,3)31-23(28)27(4)21-13-10-16(22(25)26-21)8-6-7-9-19-15-17-14-18(29-5)11-12-20(17)30-19/h6-15H,1-5H3/b8-6+,9-7+. The van der Waals surface area contributed by atoms with E-state index in [9.17, 15) is 9.18 Å². The molecular formula is C24H25FN2O4. The van der Waals surface area contributed by atoms with Gasteiger partial charge in [-0.2, -0.15) is 4.39 Å². The summed E-state index contributed by atoms with van der Waals surface area (Å²) in [6.45, 7) is 5.28. The van der Waals surface area contributed by atoms with Crippen LogP contribution in [0.15, 0.2) is 53.0 Å². The summed E-state index contributed by atoms with van der Waals surface area (Å²) < 4.78 is 30.6. The van der Waals surface area contributed by atoms with E-state index in [1.807, 2.05) is 24.3 Å². The number of methoxy groups -OCH3 is 1. The number of halogens is 1. The fourth-order valence-corrected chi connectivity index (χ4v) is 2.73. The quantitative estimate of drug-likeness (QED) is 0.367. The molecule has 2 heterocycles. The SMILES string of the molecule is COc1ccc2oc(/C=C/C=C/c3ccc(N(C)C(=O)OC(C)(C)C)nc3F)cc2c1. The zero-order chi connectivity index (χ0) is 22.6. The van der Waals surface area contributed by atoms with Gasteiger partial charge in [0.1, 0.15) is 28.5 Å². The highest BCUT2D eigenvalue weighted by Gasteiger charge is 2.21. The number of hydrogen-bond donors (Lipinski definition) is 0. The molecule has 0 bridgehead atoms. The van der Waals surface area contributed by atoms with Crippen molar-refractivity contribution in [3.63, 3.8) is 0 Å². The van der Waals surface area contributed by atoms with Crippen molar-refractivity contribution in [2.75, 3.05) is 19.1 Å². The first kappa shape index (κ1) is 22.1. The average Bonchev–Trinajstić information content (AvgIpc) is 3.12. The maximum Gasteiger partial charge on any atom is 0.415 e. The molecule has 7 heteroatoms. The maximum absolute atomic E-state index is 14.4. The van der Waals surface area contributed by atoms with E-state index >= 15 is 0 Å². The van der Waals surface area contributed by atoms with Crippen LogP contribution in [0.4, 0.5) is 15.0 Å². The predicted octanol–water partition coefficient (Wildman–Crippen LogP) is 6.07. The van der Waals surface area contributed by atoms with E-state index in [2.05, 4.69) is 4.98 Å². The van der Waals surface area contributed by atoms with Gasteiger partial charge < -0.3 is 13.9 Å². The molecule has 0 fully saturated rings. The number of fused-ring (bicyclic) bond motifs is 1. The second-order valence-corrected chi connectivity index (χ2v) is 7.86. The monoisotopic (exact) mass is 424 g/mol. The van der Waals surface area contributed by atoms with Crippen molar-refractivity contribution in [2.24, 2.45) is 0 Å². The van der Waals surface area contributed by atoms with Crippen molar-refractivity contribution in [2.45, 2.75) is 26.4 Å². The molecule has 31 heavy (non-hydrogen) atoms. The summed E-state index contributed by atoms with van der Waals surface area (Å²) in [5.41, 5.74) is 0.398. The van der Waals surface area contributed by atoms with Gasteiger partial charge in [-0.05, 0) is 63.2 Å². The van der Waals surface area contributed by atoms with Crippen LogP contribution in [0.3, 0.4) is 0 Å². The lowest BCUT2D eigenvalue weighted by molar-refractivity contribution is 0.0588. The van der Waals surface area contributed by atoms with Crippen molar-refractivity contribution in [1.29, 1.82) is 0 Å². The normalized spacial score (nSPS) is 12.1. The lowest BCUT2D eigenvalue weighted by Crippen LogP contribution is -2.34. The molecule has 0 spiro atoms. The molecule has 0 atom stereocenters. The molecule has 2 aromatic heterocycles. The first-order valence-corrected chi connectivity index (χ1v) is 9.72. The molecule has 0 aliphatic heterocycles. The Balaban J connectivity index is 1.68. The highest BCUT2D eigenvalue weighted by Crippen LogP contribution is 2.25.